The Morgan fingerprint density at radius 2 is 1.81 bits per heavy atom. The van der Waals surface area contributed by atoms with Crippen LogP contribution in [0.2, 0.25) is 0 Å². The minimum absolute atomic E-state index is 0.00907. The van der Waals surface area contributed by atoms with E-state index in [0.717, 1.165) is 24.0 Å². The van der Waals surface area contributed by atoms with Gasteiger partial charge in [0.2, 0.25) is 0 Å². The molecule has 1 aliphatic rings. The number of nitrogens with zero attached hydrogens (tertiary/aromatic N) is 1. The lowest BCUT2D eigenvalue weighted by Crippen LogP contribution is -2.37. The molecule has 1 aromatic carbocycles. The van der Waals surface area contributed by atoms with Gasteiger partial charge in [-0.05, 0) is 37.0 Å². The van der Waals surface area contributed by atoms with Crippen molar-refractivity contribution in [3.8, 4) is 0 Å². The van der Waals surface area contributed by atoms with Gasteiger partial charge in [0.25, 0.3) is 0 Å². The Balaban J connectivity index is 2.07. The van der Waals surface area contributed by atoms with Crippen LogP contribution in [0, 0.1) is 6.92 Å². The molecule has 0 spiro atoms. The molecular weight excluding hydrogens is 258 g/mol. The second-order valence-electron chi connectivity index (χ2n) is 6.19. The minimum atomic E-state index is -0.102. The van der Waals surface area contributed by atoms with Gasteiger partial charge in [-0.15, -0.1) is 0 Å². The molecule has 2 aromatic rings. The van der Waals surface area contributed by atoms with Crippen LogP contribution in [0.3, 0.4) is 0 Å². The third-order valence-electron chi connectivity index (χ3n) is 4.86. The topological polar surface area (TPSA) is 64.9 Å². The summed E-state index contributed by atoms with van der Waals surface area (Å²) in [6.45, 7) is 2.03. The predicted molar refractivity (Wildman–Crippen MR) is 86.9 cm³/mol. The maximum atomic E-state index is 6.72. The summed E-state index contributed by atoms with van der Waals surface area (Å²) < 4.78 is 0. The van der Waals surface area contributed by atoms with Crippen LogP contribution in [0.25, 0.3) is 0 Å². The lowest BCUT2D eigenvalue weighted by Gasteiger charge is -2.36. The number of hydrogen-bond donors (Lipinski definition) is 2. The SMILES string of the molecule is Cc1cnc(N)c(C(N)C2(c3ccccc3)CCCC2)c1. The number of hydrogen-bond acceptors (Lipinski definition) is 3. The number of nitrogen functional groups attached to an aromatic ring is 1. The van der Waals surface area contributed by atoms with Gasteiger partial charge in [-0.3, -0.25) is 0 Å². The number of aryl methyl sites for hydroxylation is 1. The molecule has 110 valence electrons. The number of benzene rings is 1. The Kier molecular flexibility index (Phi) is 3.68. The van der Waals surface area contributed by atoms with Gasteiger partial charge in [-0.1, -0.05) is 43.2 Å². The van der Waals surface area contributed by atoms with Crippen LogP contribution in [0.4, 0.5) is 5.82 Å². The van der Waals surface area contributed by atoms with Crippen molar-refractivity contribution >= 4 is 5.82 Å². The molecule has 21 heavy (non-hydrogen) atoms. The summed E-state index contributed by atoms with van der Waals surface area (Å²) in [4.78, 5) is 4.29. The fourth-order valence-electron chi connectivity index (χ4n) is 3.70. The van der Waals surface area contributed by atoms with Crippen LogP contribution in [-0.2, 0) is 5.41 Å². The largest absolute Gasteiger partial charge is 0.383 e. The van der Waals surface area contributed by atoms with E-state index in [0.29, 0.717) is 5.82 Å². The van der Waals surface area contributed by atoms with Gasteiger partial charge in [-0.2, -0.15) is 0 Å². The molecule has 0 saturated heterocycles. The predicted octanol–water partition coefficient (Wildman–Crippen LogP) is 3.48. The summed E-state index contributed by atoms with van der Waals surface area (Å²) in [6.07, 6.45) is 6.48. The normalized spacial score (nSPS) is 18.6. The van der Waals surface area contributed by atoms with Crippen molar-refractivity contribution in [3.63, 3.8) is 0 Å². The first-order valence-electron chi connectivity index (χ1n) is 7.66. The molecule has 4 N–H and O–H groups in total. The molecule has 0 aliphatic heterocycles. The van der Waals surface area contributed by atoms with E-state index in [1.807, 2.05) is 6.92 Å². The van der Waals surface area contributed by atoms with Crippen molar-refractivity contribution in [2.45, 2.75) is 44.1 Å². The molecule has 0 amide bonds. The van der Waals surface area contributed by atoms with E-state index in [4.69, 9.17) is 11.5 Å². The summed E-state index contributed by atoms with van der Waals surface area (Å²) in [5.74, 6) is 0.565. The third kappa shape index (κ3) is 2.42. The number of aromatic nitrogens is 1. The Labute approximate surface area is 126 Å². The van der Waals surface area contributed by atoms with Crippen molar-refractivity contribution < 1.29 is 0 Å². The molecule has 3 rings (SSSR count). The van der Waals surface area contributed by atoms with E-state index < -0.39 is 0 Å². The standard InChI is InChI=1S/C18H23N3/c1-13-11-15(17(20)21-12-13)16(19)18(9-5-6-10-18)14-7-3-2-4-8-14/h2-4,7-8,11-12,16H,5-6,9-10,19H2,1H3,(H2,20,21). The molecule has 1 saturated carbocycles. The van der Waals surface area contributed by atoms with Crippen LogP contribution in [-0.4, -0.2) is 4.98 Å². The van der Waals surface area contributed by atoms with Gasteiger partial charge >= 0.3 is 0 Å². The highest BCUT2D eigenvalue weighted by molar-refractivity contribution is 5.46. The third-order valence-corrected chi connectivity index (χ3v) is 4.86. The summed E-state index contributed by atoms with van der Waals surface area (Å²) in [6, 6.07) is 12.6. The van der Waals surface area contributed by atoms with Gasteiger partial charge in [0.15, 0.2) is 0 Å². The Bertz CT molecular complexity index is 616. The second kappa shape index (κ2) is 5.49. The smallest absolute Gasteiger partial charge is 0.128 e. The first-order valence-corrected chi connectivity index (χ1v) is 7.66. The number of anilines is 1. The van der Waals surface area contributed by atoms with E-state index in [2.05, 4.69) is 41.4 Å². The average Bonchev–Trinajstić information content (AvgIpc) is 3.01. The van der Waals surface area contributed by atoms with Gasteiger partial charge in [0.05, 0.1) is 0 Å². The van der Waals surface area contributed by atoms with Gasteiger partial charge in [-0.25, -0.2) is 4.98 Å². The van der Waals surface area contributed by atoms with Crippen LogP contribution < -0.4 is 11.5 Å². The Morgan fingerprint density at radius 3 is 2.48 bits per heavy atom. The van der Waals surface area contributed by atoms with Crippen molar-refractivity contribution in [1.29, 1.82) is 0 Å². The maximum Gasteiger partial charge on any atom is 0.128 e. The fraction of sp³-hybridized carbons (Fsp3) is 0.389. The lowest BCUT2D eigenvalue weighted by molar-refractivity contribution is 0.356. The summed E-state index contributed by atoms with van der Waals surface area (Å²) in [7, 11) is 0. The average molecular weight is 281 g/mol. The van der Waals surface area contributed by atoms with Crippen molar-refractivity contribution in [3.05, 3.63) is 59.3 Å². The highest BCUT2D eigenvalue weighted by Gasteiger charge is 2.42. The maximum absolute atomic E-state index is 6.72. The Hall–Kier alpha value is -1.87. The van der Waals surface area contributed by atoms with Crippen molar-refractivity contribution in [2.75, 3.05) is 5.73 Å². The first-order chi connectivity index (χ1) is 10.1. The molecule has 1 fully saturated rings. The fourth-order valence-corrected chi connectivity index (χ4v) is 3.70. The summed E-state index contributed by atoms with van der Waals surface area (Å²) in [5, 5.41) is 0. The van der Waals surface area contributed by atoms with Crippen LogP contribution in [0.5, 0.6) is 0 Å². The number of rotatable bonds is 3. The zero-order valence-electron chi connectivity index (χ0n) is 12.5. The highest BCUT2D eigenvalue weighted by Crippen LogP contribution is 2.49. The molecule has 1 aromatic heterocycles. The Morgan fingerprint density at radius 1 is 1.14 bits per heavy atom. The van der Waals surface area contributed by atoms with E-state index in [1.54, 1.807) is 6.20 Å². The number of pyridine rings is 1. The monoisotopic (exact) mass is 281 g/mol. The summed E-state index contributed by atoms with van der Waals surface area (Å²) in [5.41, 5.74) is 16.2. The van der Waals surface area contributed by atoms with E-state index in [-0.39, 0.29) is 11.5 Å². The molecule has 3 heteroatoms. The zero-order valence-corrected chi connectivity index (χ0v) is 12.5. The van der Waals surface area contributed by atoms with Crippen molar-refractivity contribution in [2.24, 2.45) is 5.73 Å². The van der Waals surface area contributed by atoms with Gasteiger partial charge < -0.3 is 11.5 Å². The summed E-state index contributed by atoms with van der Waals surface area (Å²) >= 11 is 0. The van der Waals surface area contributed by atoms with E-state index >= 15 is 0 Å². The second-order valence-corrected chi connectivity index (χ2v) is 6.19. The molecule has 3 nitrogen and oxygen atoms in total. The molecule has 1 atom stereocenters. The first kappa shape index (κ1) is 14.1. The molecule has 1 aliphatic carbocycles. The molecule has 0 bridgehead atoms. The lowest BCUT2D eigenvalue weighted by atomic mass is 9.70. The van der Waals surface area contributed by atoms with Gasteiger partial charge in [0, 0.05) is 23.2 Å². The molecule has 1 heterocycles. The molecule has 1 unspecified atom stereocenters. The van der Waals surface area contributed by atoms with Crippen molar-refractivity contribution in [1.82, 2.24) is 4.98 Å². The van der Waals surface area contributed by atoms with Crippen LogP contribution in [0.15, 0.2) is 42.6 Å². The quantitative estimate of drug-likeness (QED) is 0.905. The number of nitrogens with two attached hydrogens (primary N) is 2. The van der Waals surface area contributed by atoms with E-state index in [9.17, 15) is 0 Å². The van der Waals surface area contributed by atoms with Crippen LogP contribution >= 0.6 is 0 Å². The minimum Gasteiger partial charge on any atom is -0.383 e. The molecule has 0 radical (unpaired) electrons. The molecular formula is C18H23N3. The highest BCUT2D eigenvalue weighted by atomic mass is 14.9. The van der Waals surface area contributed by atoms with Gasteiger partial charge in [0.1, 0.15) is 5.82 Å². The van der Waals surface area contributed by atoms with E-state index in [1.165, 1.54) is 18.4 Å². The zero-order chi connectivity index (χ0) is 14.9. The van der Waals surface area contributed by atoms with Crippen LogP contribution in [0.1, 0.15) is 48.4 Å².